The molecule has 2 saturated heterocycles. The fourth-order valence-electron chi connectivity index (χ4n) is 7.29. The largest absolute Gasteiger partial charge is 0.506 e. The van der Waals surface area contributed by atoms with Crippen LogP contribution in [0, 0.1) is 24.0 Å². The maximum absolute atomic E-state index is 16.7. The molecule has 2 bridgehead atoms. The molecule has 17 heteroatoms. The number of nitrogens with zero attached hydrogens (tertiary/aromatic N) is 7. The number of aromatic hydroxyl groups is 1. The Kier molecular flexibility index (Phi) is 8.59. The van der Waals surface area contributed by atoms with E-state index in [0.717, 1.165) is 54.5 Å². The van der Waals surface area contributed by atoms with Crippen LogP contribution in [0.5, 0.6) is 11.8 Å². The van der Waals surface area contributed by atoms with Gasteiger partial charge in [0, 0.05) is 60.4 Å². The van der Waals surface area contributed by atoms with E-state index in [1.807, 2.05) is 4.90 Å². The van der Waals surface area contributed by atoms with E-state index >= 15 is 4.39 Å². The first-order chi connectivity index (χ1) is 27.1. The molecule has 1 saturated carbocycles. The first-order valence-electron chi connectivity index (χ1n) is 17.8. The van der Waals surface area contributed by atoms with Crippen LogP contribution in [0.3, 0.4) is 0 Å². The van der Waals surface area contributed by atoms with Gasteiger partial charge in [-0.15, -0.1) is 15.6 Å². The SMILES string of the molecule is C#Cc1c(F)ccc2cccc(-c3ncc4c(N5CC6CCC(C5)N6)nc(OC=CC(=O)Nc5ccc(S(=O)(=O)n6cnc(C7CC7)n6)cc5O)nc4c3F)c12. The number of halogens is 2. The summed E-state index contributed by atoms with van der Waals surface area (Å²) in [5.74, 6) is 0.693. The van der Waals surface area contributed by atoms with Gasteiger partial charge in [0.25, 0.3) is 15.9 Å². The van der Waals surface area contributed by atoms with E-state index in [4.69, 9.17) is 11.2 Å². The number of aromatic nitrogens is 6. The molecule has 56 heavy (non-hydrogen) atoms. The standard InChI is InChI=1S/C39H31F2N9O5S/c1-2-26-29(40)12-8-21-4-3-5-27(33(21)26)35-34(41)36-28(17-42-35)38(49-18-23-9-10-24(19-49)44-23)47-39(46-36)55-15-14-32(52)45-30-13-11-25(16-31(30)51)56(53,54)50-20-43-37(48-50)22-6-7-22/h1,3-5,8,11-17,20,22-24,44,51H,6-7,9-10,18-19H2,(H,45,52). The second kappa shape index (κ2) is 13.7. The van der Waals surface area contributed by atoms with Gasteiger partial charge in [0.05, 0.1) is 21.5 Å². The number of phenolic OH excluding ortho intramolecular Hbond substituents is 1. The molecule has 9 rings (SSSR count). The first-order valence-corrected chi connectivity index (χ1v) is 19.2. The summed E-state index contributed by atoms with van der Waals surface area (Å²) in [6.45, 7) is 1.20. The van der Waals surface area contributed by atoms with Crippen molar-refractivity contribution in [2.24, 2.45) is 0 Å². The Labute approximate surface area is 318 Å². The summed E-state index contributed by atoms with van der Waals surface area (Å²) in [4.78, 5) is 32.2. The second-order valence-corrected chi connectivity index (χ2v) is 15.7. The summed E-state index contributed by atoms with van der Waals surface area (Å²) in [6.07, 6.45) is 14.0. The molecule has 282 valence electrons. The molecule has 3 aliphatic rings. The fourth-order valence-corrected chi connectivity index (χ4v) is 8.37. The predicted octanol–water partition coefficient (Wildman–Crippen LogP) is 4.99. The smallest absolute Gasteiger partial charge is 0.324 e. The topological polar surface area (TPSA) is 177 Å². The Balaban J connectivity index is 1.00. The van der Waals surface area contributed by atoms with Crippen molar-refractivity contribution in [3.63, 3.8) is 0 Å². The molecule has 0 radical (unpaired) electrons. The van der Waals surface area contributed by atoms with Crippen molar-refractivity contribution < 1.29 is 31.8 Å². The number of carbonyl (C=O) groups excluding carboxylic acids is 1. The summed E-state index contributed by atoms with van der Waals surface area (Å²) in [6, 6.07) is 11.5. The van der Waals surface area contributed by atoms with Gasteiger partial charge in [0.15, 0.2) is 11.6 Å². The highest BCUT2D eigenvalue weighted by Crippen LogP contribution is 2.39. The Morgan fingerprint density at radius 1 is 1.05 bits per heavy atom. The number of amides is 1. The molecule has 2 aliphatic heterocycles. The zero-order chi connectivity index (χ0) is 38.7. The van der Waals surface area contributed by atoms with Gasteiger partial charge in [0.1, 0.15) is 41.2 Å². The van der Waals surface area contributed by atoms with Crippen LogP contribution in [0.4, 0.5) is 20.3 Å². The molecule has 3 aromatic heterocycles. The maximum atomic E-state index is 16.7. The molecule has 1 aliphatic carbocycles. The molecule has 2 unspecified atom stereocenters. The number of hydrogen-bond donors (Lipinski definition) is 3. The van der Waals surface area contributed by atoms with Gasteiger partial charge in [-0.05, 0) is 49.3 Å². The third kappa shape index (κ3) is 6.31. The van der Waals surface area contributed by atoms with Crippen LogP contribution in [-0.4, -0.2) is 73.7 Å². The van der Waals surface area contributed by atoms with Gasteiger partial charge in [-0.1, -0.05) is 30.2 Å². The van der Waals surface area contributed by atoms with Crippen molar-refractivity contribution in [2.45, 2.75) is 48.6 Å². The summed E-state index contributed by atoms with van der Waals surface area (Å²) < 4.78 is 64.1. The minimum Gasteiger partial charge on any atom is -0.506 e. The number of pyridine rings is 1. The molecular formula is C39H31F2N9O5S. The highest BCUT2D eigenvalue weighted by molar-refractivity contribution is 7.89. The lowest BCUT2D eigenvalue weighted by Gasteiger charge is -2.34. The van der Waals surface area contributed by atoms with Gasteiger partial charge in [0.2, 0.25) is 0 Å². The van der Waals surface area contributed by atoms with E-state index in [1.54, 1.807) is 24.3 Å². The fraction of sp³-hybridized carbons (Fsp3) is 0.231. The number of anilines is 2. The molecule has 3 aromatic carbocycles. The molecular weight excluding hydrogens is 745 g/mol. The number of terminal acetylenes is 1. The van der Waals surface area contributed by atoms with Crippen molar-refractivity contribution >= 4 is 49.1 Å². The Bertz CT molecular complexity index is 2770. The number of hydrogen-bond acceptors (Lipinski definition) is 12. The highest BCUT2D eigenvalue weighted by atomic mass is 32.2. The summed E-state index contributed by atoms with van der Waals surface area (Å²) in [7, 11) is -4.14. The lowest BCUT2D eigenvalue weighted by atomic mass is 9.96. The van der Waals surface area contributed by atoms with Crippen molar-refractivity contribution in [3.05, 3.63) is 96.4 Å². The van der Waals surface area contributed by atoms with Crippen LogP contribution in [-0.2, 0) is 14.8 Å². The number of ether oxygens (including phenoxy) is 1. The average molecular weight is 776 g/mol. The minimum absolute atomic E-state index is 0.0187. The van der Waals surface area contributed by atoms with Gasteiger partial charge in [-0.3, -0.25) is 9.78 Å². The second-order valence-electron chi connectivity index (χ2n) is 13.9. The monoisotopic (exact) mass is 775 g/mol. The number of nitrogens with one attached hydrogen (secondary N) is 2. The number of phenols is 1. The van der Waals surface area contributed by atoms with Crippen LogP contribution in [0.15, 0.2) is 78.3 Å². The molecule has 2 atom stereocenters. The lowest BCUT2D eigenvalue weighted by molar-refractivity contribution is -0.112. The third-order valence-electron chi connectivity index (χ3n) is 10.2. The lowest BCUT2D eigenvalue weighted by Crippen LogP contribution is -2.51. The summed E-state index contributed by atoms with van der Waals surface area (Å²) >= 11 is 0. The van der Waals surface area contributed by atoms with Gasteiger partial charge in [-0.25, -0.2) is 13.8 Å². The van der Waals surface area contributed by atoms with Gasteiger partial charge >= 0.3 is 6.01 Å². The molecule has 1 amide bonds. The Hall–Kier alpha value is -6.51. The zero-order valence-electron chi connectivity index (χ0n) is 29.4. The van der Waals surface area contributed by atoms with Crippen LogP contribution in [0.25, 0.3) is 32.9 Å². The first kappa shape index (κ1) is 35.2. The van der Waals surface area contributed by atoms with Gasteiger partial charge in [-0.2, -0.15) is 18.4 Å². The number of piperazine rings is 1. The quantitative estimate of drug-likeness (QED) is 0.0778. The molecule has 3 fully saturated rings. The predicted molar refractivity (Wildman–Crippen MR) is 201 cm³/mol. The maximum Gasteiger partial charge on any atom is 0.324 e. The minimum atomic E-state index is -4.14. The van der Waals surface area contributed by atoms with Gasteiger partial charge < -0.3 is 25.4 Å². The van der Waals surface area contributed by atoms with Crippen molar-refractivity contribution in [1.29, 1.82) is 0 Å². The van der Waals surface area contributed by atoms with Crippen molar-refractivity contribution in [3.8, 4) is 35.4 Å². The van der Waals surface area contributed by atoms with E-state index in [-0.39, 0.29) is 56.9 Å². The van der Waals surface area contributed by atoms with E-state index in [9.17, 15) is 22.7 Å². The van der Waals surface area contributed by atoms with E-state index < -0.39 is 33.3 Å². The van der Waals surface area contributed by atoms with E-state index in [0.29, 0.717) is 40.9 Å². The summed E-state index contributed by atoms with van der Waals surface area (Å²) in [5.41, 5.74) is -0.0153. The molecule has 5 heterocycles. The average Bonchev–Trinajstić information content (AvgIpc) is 3.81. The van der Waals surface area contributed by atoms with Crippen LogP contribution >= 0.6 is 0 Å². The van der Waals surface area contributed by atoms with E-state index in [2.05, 4.69) is 41.6 Å². The zero-order valence-corrected chi connectivity index (χ0v) is 30.2. The third-order valence-corrected chi connectivity index (χ3v) is 11.7. The van der Waals surface area contributed by atoms with Crippen LogP contribution in [0.1, 0.15) is 43.0 Å². The normalized spacial score (nSPS) is 18.1. The Morgan fingerprint density at radius 3 is 2.61 bits per heavy atom. The molecule has 3 N–H and O–H groups in total. The summed E-state index contributed by atoms with van der Waals surface area (Å²) in [5, 5.41) is 22.0. The number of rotatable bonds is 9. The van der Waals surface area contributed by atoms with Crippen LogP contribution < -0.4 is 20.3 Å². The number of benzene rings is 3. The van der Waals surface area contributed by atoms with Crippen molar-refractivity contribution in [1.82, 2.24) is 34.4 Å². The molecule has 6 aromatic rings. The van der Waals surface area contributed by atoms with Crippen LogP contribution in [0.2, 0.25) is 0 Å². The highest BCUT2D eigenvalue weighted by Gasteiger charge is 2.34. The number of carbonyl (C=O) groups is 1. The number of fused-ring (bicyclic) bond motifs is 4. The molecule has 14 nitrogen and oxygen atoms in total. The van der Waals surface area contributed by atoms with E-state index in [1.165, 1.54) is 24.4 Å². The van der Waals surface area contributed by atoms with Crippen molar-refractivity contribution in [2.75, 3.05) is 23.3 Å². The Morgan fingerprint density at radius 2 is 1.86 bits per heavy atom. The molecule has 0 spiro atoms.